The van der Waals surface area contributed by atoms with Crippen LogP contribution in [0.4, 0.5) is 0 Å². The van der Waals surface area contributed by atoms with Crippen molar-refractivity contribution in [1.29, 1.82) is 0 Å². The van der Waals surface area contributed by atoms with Gasteiger partial charge in [-0.15, -0.1) is 0 Å². The average Bonchev–Trinajstić information content (AvgIpc) is 1.88. The smallest absolute Gasteiger partial charge is 0 e. The Hall–Kier alpha value is 1.05. The maximum atomic E-state index is 2.25. The summed E-state index contributed by atoms with van der Waals surface area (Å²) in [6.07, 6.45) is 4.84. The third-order valence-corrected chi connectivity index (χ3v) is 1.03. The standard InChI is InChI=1S/C7H15.C2H6.U.H2/c1-4-5-6-7(2)3;1-2;;/h4,7H,5-6H2,1-3H3;1-2H3;;1H/q-1;;;. The minimum Gasteiger partial charge on any atom is -0.332 e. The number of rotatable bonds is 3. The molecule has 0 bridgehead atoms. The summed E-state index contributed by atoms with van der Waals surface area (Å²) in [5.74, 6) is 0.871. The molecule has 0 radical (unpaired) electrons. The third-order valence-electron chi connectivity index (χ3n) is 1.03. The van der Waals surface area contributed by atoms with Gasteiger partial charge in [0.15, 0.2) is 0 Å². The Morgan fingerprint density at radius 1 is 1.30 bits per heavy atom. The second-order valence-electron chi connectivity index (χ2n) is 2.38. The first-order valence-electron chi connectivity index (χ1n) is 4.05. The van der Waals surface area contributed by atoms with Crippen LogP contribution in [0.25, 0.3) is 0 Å². The van der Waals surface area contributed by atoms with Gasteiger partial charge in [-0.25, -0.2) is 0 Å². The summed E-state index contributed by atoms with van der Waals surface area (Å²) in [5.41, 5.74) is 0. The molecular weight excluding hydrogens is 346 g/mol. The maximum Gasteiger partial charge on any atom is 0 e. The first-order chi connectivity index (χ1) is 4.27. The molecule has 1 heteroatoms. The quantitative estimate of drug-likeness (QED) is 0.662. The van der Waals surface area contributed by atoms with Crippen molar-refractivity contribution < 1.29 is 32.5 Å². The van der Waals surface area contributed by atoms with Crippen LogP contribution in [0.1, 0.15) is 48.9 Å². The molecule has 0 rings (SSSR count). The van der Waals surface area contributed by atoms with Crippen LogP contribution in [0.2, 0.25) is 0 Å². The van der Waals surface area contributed by atoms with Gasteiger partial charge < -0.3 is 6.42 Å². The summed E-state index contributed by atoms with van der Waals surface area (Å²) in [6, 6.07) is 0. The molecule has 0 atom stereocenters. The second-order valence-corrected chi connectivity index (χ2v) is 2.38. The van der Waals surface area contributed by atoms with Crippen LogP contribution in [-0.2, 0) is 0 Å². The zero-order valence-electron chi connectivity index (χ0n) is 8.07. The van der Waals surface area contributed by atoms with E-state index in [1.54, 1.807) is 0 Å². The molecule has 0 N–H and O–H groups in total. The van der Waals surface area contributed by atoms with Crippen molar-refractivity contribution in [3.63, 3.8) is 0 Å². The molecule has 0 amide bonds. The van der Waals surface area contributed by atoms with Crippen LogP contribution in [0.15, 0.2) is 0 Å². The summed E-state index contributed by atoms with van der Waals surface area (Å²) in [6.45, 7) is 10.6. The van der Waals surface area contributed by atoms with Gasteiger partial charge in [0.1, 0.15) is 0 Å². The third kappa shape index (κ3) is 23.0. The Balaban J connectivity index is -0.0000000564. The van der Waals surface area contributed by atoms with Gasteiger partial charge in [-0.3, -0.25) is 0 Å². The predicted molar refractivity (Wildman–Crippen MR) is 47.5 cm³/mol. The minimum absolute atomic E-state index is 0. The molecule has 0 aliphatic rings. The van der Waals surface area contributed by atoms with Crippen LogP contribution >= 0.6 is 0 Å². The van der Waals surface area contributed by atoms with Crippen LogP contribution < -0.4 is 0 Å². The fraction of sp³-hybridized carbons (Fsp3) is 0.889. The molecule has 64 valence electrons. The van der Waals surface area contributed by atoms with Crippen molar-refractivity contribution in [3.05, 3.63) is 6.42 Å². The Labute approximate surface area is 92.0 Å². The fourth-order valence-corrected chi connectivity index (χ4v) is 0.500. The zero-order chi connectivity index (χ0) is 7.70. The monoisotopic (exact) mass is 369 g/mol. The molecule has 0 saturated heterocycles. The molecule has 0 aliphatic heterocycles. The molecule has 0 aromatic rings. The maximum absolute atomic E-state index is 2.25. The first-order valence-corrected chi connectivity index (χ1v) is 4.05. The van der Waals surface area contributed by atoms with Crippen molar-refractivity contribution in [2.24, 2.45) is 5.92 Å². The van der Waals surface area contributed by atoms with Crippen molar-refractivity contribution in [2.45, 2.75) is 47.5 Å². The van der Waals surface area contributed by atoms with E-state index < -0.39 is 0 Å². The predicted octanol–water partition coefficient (Wildman–Crippen LogP) is 3.92. The van der Waals surface area contributed by atoms with Crippen molar-refractivity contribution >= 4 is 0 Å². The van der Waals surface area contributed by atoms with E-state index in [2.05, 4.69) is 27.2 Å². The largest absolute Gasteiger partial charge is 0.332 e. The van der Waals surface area contributed by atoms with Crippen LogP contribution in [0.5, 0.6) is 0 Å². The first kappa shape index (κ1) is 17.2. The molecule has 0 aliphatic carbocycles. The molecule has 0 fully saturated rings. The molecule has 0 saturated carbocycles. The molecule has 0 spiro atoms. The zero-order valence-corrected chi connectivity index (χ0v) is 12.2. The number of hydrogen-bond acceptors (Lipinski definition) is 0. The van der Waals surface area contributed by atoms with E-state index in [1.165, 1.54) is 12.8 Å². The minimum atomic E-state index is 0. The van der Waals surface area contributed by atoms with E-state index in [0.29, 0.717) is 0 Å². The van der Waals surface area contributed by atoms with Gasteiger partial charge in [0.2, 0.25) is 0 Å². The Morgan fingerprint density at radius 2 is 1.70 bits per heavy atom. The number of unbranched alkanes of at least 4 members (excludes halogenated alkanes) is 1. The normalized spacial score (nSPS) is 7.80. The van der Waals surface area contributed by atoms with Gasteiger partial charge in [0.05, 0.1) is 0 Å². The summed E-state index contributed by atoms with van der Waals surface area (Å²) in [4.78, 5) is 0. The summed E-state index contributed by atoms with van der Waals surface area (Å²) < 4.78 is 0. The second kappa shape index (κ2) is 16.6. The van der Waals surface area contributed by atoms with Gasteiger partial charge in [-0.1, -0.05) is 34.1 Å². The SMILES string of the molecule is CC.C[CH-]CCC(C)C.[HH].[U]. The Bertz CT molecular complexity index is 38.5. The topological polar surface area (TPSA) is 0 Å². The van der Waals surface area contributed by atoms with Gasteiger partial charge in [0, 0.05) is 32.5 Å². The van der Waals surface area contributed by atoms with Crippen molar-refractivity contribution in [1.82, 2.24) is 0 Å². The van der Waals surface area contributed by atoms with Crippen molar-refractivity contribution in [2.75, 3.05) is 0 Å². The van der Waals surface area contributed by atoms with Gasteiger partial charge >= 0.3 is 0 Å². The van der Waals surface area contributed by atoms with Gasteiger partial charge in [-0.2, -0.15) is 13.3 Å². The average molecular weight is 369 g/mol. The summed E-state index contributed by atoms with van der Waals surface area (Å²) >= 11 is 0. The van der Waals surface area contributed by atoms with Crippen LogP contribution in [0, 0.1) is 43.5 Å². The molecule has 0 unspecified atom stereocenters. The van der Waals surface area contributed by atoms with Gasteiger partial charge in [-0.05, 0) is 5.92 Å². The van der Waals surface area contributed by atoms with E-state index in [-0.39, 0.29) is 32.5 Å². The van der Waals surface area contributed by atoms with E-state index in [4.69, 9.17) is 0 Å². The Morgan fingerprint density at radius 3 is 1.80 bits per heavy atom. The molecular formula is C9H23U-. The van der Waals surface area contributed by atoms with Gasteiger partial charge in [0.25, 0.3) is 0 Å². The van der Waals surface area contributed by atoms with Crippen molar-refractivity contribution in [3.8, 4) is 0 Å². The van der Waals surface area contributed by atoms with E-state index >= 15 is 0 Å². The van der Waals surface area contributed by atoms with Crippen LogP contribution in [0.3, 0.4) is 0 Å². The van der Waals surface area contributed by atoms with E-state index in [1.807, 2.05) is 13.8 Å². The molecule has 0 heterocycles. The van der Waals surface area contributed by atoms with Crippen LogP contribution in [-0.4, -0.2) is 0 Å². The Kier molecular flexibility index (Phi) is 28.5. The molecule has 0 nitrogen and oxygen atoms in total. The fourth-order valence-electron chi connectivity index (χ4n) is 0.500. The molecule has 10 heavy (non-hydrogen) atoms. The summed E-state index contributed by atoms with van der Waals surface area (Å²) in [5, 5.41) is 0. The molecule has 0 aromatic heterocycles. The van der Waals surface area contributed by atoms with E-state index in [9.17, 15) is 0 Å². The van der Waals surface area contributed by atoms with E-state index in [0.717, 1.165) is 5.92 Å². The molecule has 0 aromatic carbocycles. The number of hydrogen-bond donors (Lipinski definition) is 0. The summed E-state index contributed by atoms with van der Waals surface area (Å²) in [7, 11) is 0.